The highest BCUT2D eigenvalue weighted by Crippen LogP contribution is 2.19. The topological polar surface area (TPSA) is 20.2 Å². The quantitative estimate of drug-likeness (QED) is 0.470. The van der Waals surface area contributed by atoms with Gasteiger partial charge in [-0.25, -0.2) is 0 Å². The van der Waals surface area contributed by atoms with E-state index in [2.05, 4.69) is 13.8 Å². The highest BCUT2D eigenvalue weighted by molar-refractivity contribution is 4.57. The molecule has 0 radical (unpaired) electrons. The molecular weight excluding hydrogens is 196 g/mol. The first-order valence-electron chi connectivity index (χ1n) is 7.46. The predicted octanol–water partition coefficient (Wildman–Crippen LogP) is 4.93. The van der Waals surface area contributed by atoms with Gasteiger partial charge in [0.05, 0.1) is 0 Å². The van der Waals surface area contributed by atoms with Crippen LogP contribution in [0.3, 0.4) is 0 Å². The third kappa shape index (κ3) is 10.5. The van der Waals surface area contributed by atoms with Crippen LogP contribution in [0, 0.1) is 5.92 Å². The minimum Gasteiger partial charge on any atom is -0.396 e. The van der Waals surface area contributed by atoms with E-state index in [-0.39, 0.29) is 0 Å². The van der Waals surface area contributed by atoms with Crippen molar-refractivity contribution in [2.24, 2.45) is 5.92 Å². The minimum atomic E-state index is 0.370. The minimum absolute atomic E-state index is 0.370. The molecule has 0 saturated carbocycles. The molecule has 0 fully saturated rings. The highest BCUT2D eigenvalue weighted by Gasteiger charge is 2.03. The fraction of sp³-hybridized carbons (Fsp3) is 1.00. The highest BCUT2D eigenvalue weighted by atomic mass is 16.2. The molecule has 0 heterocycles. The van der Waals surface area contributed by atoms with Crippen LogP contribution in [0.1, 0.15) is 84.5 Å². The Hall–Kier alpha value is -0.0400. The fourth-order valence-electron chi connectivity index (χ4n) is 2.39. The first kappa shape index (κ1) is 16.0. The summed E-state index contributed by atoms with van der Waals surface area (Å²) in [6.45, 7) is 4.99. The molecule has 1 heteroatoms. The maximum absolute atomic E-state index is 8.65. The summed E-state index contributed by atoms with van der Waals surface area (Å²) in [5, 5.41) is 8.65. The van der Waals surface area contributed by atoms with Crippen molar-refractivity contribution in [3.8, 4) is 0 Å². The molecule has 98 valence electrons. The van der Waals surface area contributed by atoms with Crippen molar-refractivity contribution < 1.29 is 5.11 Å². The summed E-state index contributed by atoms with van der Waals surface area (Å²) >= 11 is 0. The van der Waals surface area contributed by atoms with Gasteiger partial charge in [-0.2, -0.15) is 0 Å². The molecule has 0 saturated heterocycles. The van der Waals surface area contributed by atoms with E-state index in [0.717, 1.165) is 12.3 Å². The summed E-state index contributed by atoms with van der Waals surface area (Å²) in [5.41, 5.74) is 0. The van der Waals surface area contributed by atoms with E-state index in [1.165, 1.54) is 64.2 Å². The lowest BCUT2D eigenvalue weighted by Gasteiger charge is -2.12. The molecule has 1 unspecified atom stereocenters. The maximum Gasteiger partial charge on any atom is 0.0431 e. The van der Waals surface area contributed by atoms with Crippen LogP contribution in [-0.4, -0.2) is 11.7 Å². The molecule has 1 nitrogen and oxygen atoms in total. The van der Waals surface area contributed by atoms with Crippen molar-refractivity contribution in [3.05, 3.63) is 0 Å². The molecule has 0 spiro atoms. The lowest BCUT2D eigenvalue weighted by Crippen LogP contribution is -1.98. The van der Waals surface area contributed by atoms with Crippen molar-refractivity contribution in [1.82, 2.24) is 0 Å². The molecule has 0 rings (SSSR count). The third-order valence-corrected chi connectivity index (χ3v) is 3.54. The van der Waals surface area contributed by atoms with E-state index < -0.39 is 0 Å². The SMILES string of the molecule is CCCC(CC)CCCCCCCCCO. The van der Waals surface area contributed by atoms with Crippen LogP contribution < -0.4 is 0 Å². The first-order valence-corrected chi connectivity index (χ1v) is 7.46. The molecule has 0 aliphatic heterocycles. The van der Waals surface area contributed by atoms with Gasteiger partial charge in [0.1, 0.15) is 0 Å². The molecule has 0 amide bonds. The second kappa shape index (κ2) is 13.0. The van der Waals surface area contributed by atoms with Crippen LogP contribution >= 0.6 is 0 Å². The molecule has 0 aliphatic carbocycles. The van der Waals surface area contributed by atoms with Gasteiger partial charge in [0.25, 0.3) is 0 Å². The van der Waals surface area contributed by atoms with E-state index >= 15 is 0 Å². The molecule has 0 aliphatic rings. The van der Waals surface area contributed by atoms with Crippen molar-refractivity contribution >= 4 is 0 Å². The Morgan fingerprint density at radius 2 is 1.31 bits per heavy atom. The van der Waals surface area contributed by atoms with Crippen LogP contribution in [0.25, 0.3) is 0 Å². The van der Waals surface area contributed by atoms with Crippen LogP contribution in [0.15, 0.2) is 0 Å². The molecule has 16 heavy (non-hydrogen) atoms. The van der Waals surface area contributed by atoms with Gasteiger partial charge in [-0.05, 0) is 12.3 Å². The largest absolute Gasteiger partial charge is 0.396 e. The smallest absolute Gasteiger partial charge is 0.0431 e. The van der Waals surface area contributed by atoms with Gasteiger partial charge in [-0.15, -0.1) is 0 Å². The van der Waals surface area contributed by atoms with Gasteiger partial charge in [-0.1, -0.05) is 78.1 Å². The Bertz CT molecular complexity index is 123. The fourth-order valence-corrected chi connectivity index (χ4v) is 2.39. The molecule has 0 bridgehead atoms. The van der Waals surface area contributed by atoms with E-state index in [1.54, 1.807) is 0 Å². The molecule has 0 aromatic heterocycles. The van der Waals surface area contributed by atoms with Crippen molar-refractivity contribution in [3.63, 3.8) is 0 Å². The summed E-state index contributed by atoms with van der Waals surface area (Å²) in [7, 11) is 0. The number of rotatable bonds is 12. The van der Waals surface area contributed by atoms with Crippen LogP contribution in [0.5, 0.6) is 0 Å². The predicted molar refractivity (Wildman–Crippen MR) is 72.7 cm³/mol. The van der Waals surface area contributed by atoms with E-state index in [4.69, 9.17) is 5.11 Å². The van der Waals surface area contributed by atoms with Crippen molar-refractivity contribution in [2.45, 2.75) is 84.5 Å². The lowest BCUT2D eigenvalue weighted by molar-refractivity contribution is 0.282. The van der Waals surface area contributed by atoms with Crippen LogP contribution in [0.2, 0.25) is 0 Å². The number of unbranched alkanes of at least 4 members (excludes halogenated alkanes) is 6. The Kier molecular flexibility index (Phi) is 13.0. The normalized spacial score (nSPS) is 12.9. The van der Waals surface area contributed by atoms with Gasteiger partial charge in [0, 0.05) is 6.61 Å². The van der Waals surface area contributed by atoms with Gasteiger partial charge in [0.2, 0.25) is 0 Å². The number of aliphatic hydroxyl groups excluding tert-OH is 1. The summed E-state index contributed by atoms with van der Waals surface area (Å²) in [4.78, 5) is 0. The second-order valence-electron chi connectivity index (χ2n) is 5.05. The zero-order valence-electron chi connectivity index (χ0n) is 11.5. The average Bonchev–Trinajstić information content (AvgIpc) is 2.31. The van der Waals surface area contributed by atoms with E-state index in [9.17, 15) is 0 Å². The standard InChI is InChI=1S/C15H32O/c1-3-12-15(4-2)13-10-8-6-5-7-9-11-14-16/h15-16H,3-14H2,1-2H3. The van der Waals surface area contributed by atoms with Gasteiger partial charge in [0.15, 0.2) is 0 Å². The Labute approximate surface area is 103 Å². The van der Waals surface area contributed by atoms with Gasteiger partial charge in [-0.3, -0.25) is 0 Å². The van der Waals surface area contributed by atoms with Crippen molar-refractivity contribution in [2.75, 3.05) is 6.61 Å². The molecule has 1 N–H and O–H groups in total. The average molecular weight is 228 g/mol. The zero-order chi connectivity index (χ0) is 12.1. The lowest BCUT2D eigenvalue weighted by atomic mass is 9.94. The van der Waals surface area contributed by atoms with Gasteiger partial charge < -0.3 is 5.11 Å². The number of hydrogen-bond acceptors (Lipinski definition) is 1. The third-order valence-electron chi connectivity index (χ3n) is 3.54. The Balaban J connectivity index is 3.12. The monoisotopic (exact) mass is 228 g/mol. The number of aliphatic hydroxyl groups is 1. The summed E-state index contributed by atoms with van der Waals surface area (Å²) in [5.74, 6) is 0.986. The Morgan fingerprint density at radius 1 is 0.750 bits per heavy atom. The Morgan fingerprint density at radius 3 is 1.81 bits per heavy atom. The maximum atomic E-state index is 8.65. The molecule has 1 atom stereocenters. The van der Waals surface area contributed by atoms with E-state index in [1.807, 2.05) is 0 Å². The van der Waals surface area contributed by atoms with Gasteiger partial charge >= 0.3 is 0 Å². The second-order valence-corrected chi connectivity index (χ2v) is 5.05. The first-order chi connectivity index (χ1) is 7.85. The van der Waals surface area contributed by atoms with Crippen molar-refractivity contribution in [1.29, 1.82) is 0 Å². The van der Waals surface area contributed by atoms with Crippen LogP contribution in [-0.2, 0) is 0 Å². The summed E-state index contributed by atoms with van der Waals surface area (Å²) < 4.78 is 0. The summed E-state index contributed by atoms with van der Waals surface area (Å²) in [6, 6.07) is 0. The van der Waals surface area contributed by atoms with Crippen LogP contribution in [0.4, 0.5) is 0 Å². The summed E-state index contributed by atoms with van der Waals surface area (Å²) in [6.07, 6.45) is 14.7. The zero-order valence-corrected chi connectivity index (χ0v) is 11.5. The van der Waals surface area contributed by atoms with E-state index in [0.29, 0.717) is 6.61 Å². The molecular formula is C15H32O. The molecule has 0 aromatic carbocycles. The number of hydrogen-bond donors (Lipinski definition) is 1. The molecule has 0 aromatic rings.